The van der Waals surface area contributed by atoms with Crippen molar-refractivity contribution in [1.82, 2.24) is 10.3 Å². The van der Waals surface area contributed by atoms with E-state index >= 15 is 0 Å². The second-order valence-corrected chi connectivity index (χ2v) is 5.00. The average molecular weight is 232 g/mol. The first-order valence-corrected chi connectivity index (χ1v) is 6.05. The van der Waals surface area contributed by atoms with Crippen LogP contribution in [0, 0.1) is 0 Å². The van der Waals surface area contributed by atoms with Gasteiger partial charge in [0.15, 0.2) is 0 Å². The monoisotopic (exact) mass is 232 g/mol. The number of aliphatic imine (C=N–C) groups is 1. The maximum Gasteiger partial charge on any atom is 0.0856 e. The molecule has 1 atom stereocenters. The van der Waals surface area contributed by atoms with E-state index in [1.807, 2.05) is 18.5 Å². The van der Waals surface area contributed by atoms with Gasteiger partial charge in [0.25, 0.3) is 0 Å². The Bertz CT molecular complexity index is 412. The van der Waals surface area contributed by atoms with Gasteiger partial charge >= 0.3 is 0 Å². The van der Waals surface area contributed by atoms with Gasteiger partial charge in [0, 0.05) is 18.0 Å². The van der Waals surface area contributed by atoms with E-state index in [9.17, 15) is 0 Å². The minimum absolute atomic E-state index is 0.150. The number of hydrogen-bond acceptors (Lipinski definition) is 4. The summed E-state index contributed by atoms with van der Waals surface area (Å²) in [5, 5.41) is 3.58. The van der Waals surface area contributed by atoms with E-state index in [4.69, 9.17) is 5.73 Å². The third-order valence-corrected chi connectivity index (χ3v) is 3.02. The van der Waals surface area contributed by atoms with Crippen LogP contribution in [0.1, 0.15) is 37.6 Å². The van der Waals surface area contributed by atoms with Crippen molar-refractivity contribution in [3.63, 3.8) is 0 Å². The molecule has 1 unspecified atom stereocenters. The van der Waals surface area contributed by atoms with Crippen LogP contribution in [0.4, 0.5) is 0 Å². The first-order valence-electron chi connectivity index (χ1n) is 6.05. The van der Waals surface area contributed by atoms with E-state index in [-0.39, 0.29) is 5.54 Å². The predicted molar refractivity (Wildman–Crippen MR) is 70.1 cm³/mol. The molecule has 1 aromatic heterocycles. The van der Waals surface area contributed by atoms with Crippen LogP contribution in [0.15, 0.2) is 23.3 Å². The molecule has 1 aromatic rings. The van der Waals surface area contributed by atoms with Crippen LogP contribution in [0.5, 0.6) is 0 Å². The number of nitrogens with one attached hydrogen (secondary N) is 1. The Balaban J connectivity index is 2.09. The highest BCUT2D eigenvalue weighted by molar-refractivity contribution is 5.69. The summed E-state index contributed by atoms with van der Waals surface area (Å²) in [7, 11) is 0. The average Bonchev–Trinajstić information content (AvgIpc) is 2.70. The van der Waals surface area contributed by atoms with Gasteiger partial charge in [0.05, 0.1) is 18.4 Å². The smallest absolute Gasteiger partial charge is 0.0856 e. The molecule has 2 rings (SSSR count). The first kappa shape index (κ1) is 12.2. The Kier molecular flexibility index (Phi) is 3.54. The largest absolute Gasteiger partial charge is 0.312 e. The highest BCUT2D eigenvalue weighted by Gasteiger charge is 2.28. The van der Waals surface area contributed by atoms with Crippen LogP contribution >= 0.6 is 0 Å². The maximum absolute atomic E-state index is 5.38. The Morgan fingerprint density at radius 2 is 2.47 bits per heavy atom. The molecule has 0 bridgehead atoms. The number of fused-ring (bicyclic) bond motifs is 1. The molecule has 0 saturated carbocycles. The van der Waals surface area contributed by atoms with Gasteiger partial charge in [0.2, 0.25) is 0 Å². The van der Waals surface area contributed by atoms with Gasteiger partial charge in [-0.3, -0.25) is 15.3 Å². The van der Waals surface area contributed by atoms with E-state index in [0.29, 0.717) is 12.7 Å². The standard InChI is InChI=1S/C13H20N4/c1-13(2,8-15-9-14)17-11-6-5-10-4-3-7-16-12(10)11/h3-4,7-8,11,17H,5-6,9,14H2,1-2H3. The highest BCUT2D eigenvalue weighted by atomic mass is 15.0. The van der Waals surface area contributed by atoms with Crippen LogP contribution in [0.3, 0.4) is 0 Å². The van der Waals surface area contributed by atoms with Gasteiger partial charge in [-0.05, 0) is 38.3 Å². The molecule has 4 heteroatoms. The molecule has 0 saturated heterocycles. The Hall–Kier alpha value is -1.26. The summed E-state index contributed by atoms with van der Waals surface area (Å²) in [6.45, 7) is 4.55. The third-order valence-electron chi connectivity index (χ3n) is 3.02. The van der Waals surface area contributed by atoms with E-state index in [0.717, 1.165) is 12.8 Å². The number of aromatic nitrogens is 1. The molecule has 0 spiro atoms. The van der Waals surface area contributed by atoms with Crippen molar-refractivity contribution >= 4 is 6.21 Å². The summed E-state index contributed by atoms with van der Waals surface area (Å²) in [6, 6.07) is 4.48. The van der Waals surface area contributed by atoms with Gasteiger partial charge in [-0.15, -0.1) is 0 Å². The fourth-order valence-electron chi connectivity index (χ4n) is 2.32. The predicted octanol–water partition coefficient (Wildman–Crippen LogP) is 1.42. The number of aryl methyl sites for hydroxylation is 1. The van der Waals surface area contributed by atoms with Gasteiger partial charge in [0.1, 0.15) is 0 Å². The van der Waals surface area contributed by atoms with Crippen molar-refractivity contribution in [3.05, 3.63) is 29.6 Å². The van der Waals surface area contributed by atoms with Crippen molar-refractivity contribution in [1.29, 1.82) is 0 Å². The van der Waals surface area contributed by atoms with Crippen LogP contribution < -0.4 is 11.1 Å². The van der Waals surface area contributed by atoms with Crippen molar-refractivity contribution in [2.24, 2.45) is 10.7 Å². The SMILES string of the molecule is CC(C)(C=NCN)NC1CCc2cccnc21. The van der Waals surface area contributed by atoms with E-state index in [2.05, 4.69) is 35.2 Å². The number of pyridine rings is 1. The molecule has 1 aliphatic rings. The Labute approximate surface area is 102 Å². The molecule has 0 aliphatic heterocycles. The summed E-state index contributed by atoms with van der Waals surface area (Å²) >= 11 is 0. The summed E-state index contributed by atoms with van der Waals surface area (Å²) in [6.07, 6.45) is 5.95. The molecule has 0 fully saturated rings. The first-order chi connectivity index (χ1) is 8.12. The molecule has 1 heterocycles. The molecule has 92 valence electrons. The van der Waals surface area contributed by atoms with Crippen LogP contribution in [0.2, 0.25) is 0 Å². The summed E-state index contributed by atoms with van der Waals surface area (Å²) in [5.41, 5.74) is 7.77. The fraction of sp³-hybridized carbons (Fsp3) is 0.538. The van der Waals surface area contributed by atoms with Crippen LogP contribution in [0.25, 0.3) is 0 Å². The van der Waals surface area contributed by atoms with Crippen molar-refractivity contribution in [2.45, 2.75) is 38.3 Å². The molecular formula is C13H20N4. The third kappa shape index (κ3) is 2.90. The van der Waals surface area contributed by atoms with Gasteiger partial charge in [-0.1, -0.05) is 6.07 Å². The minimum atomic E-state index is -0.150. The molecular weight excluding hydrogens is 212 g/mol. The van der Waals surface area contributed by atoms with Gasteiger partial charge < -0.3 is 5.73 Å². The second-order valence-electron chi connectivity index (χ2n) is 5.00. The van der Waals surface area contributed by atoms with Crippen molar-refractivity contribution in [3.8, 4) is 0 Å². The molecule has 0 radical (unpaired) electrons. The summed E-state index contributed by atoms with van der Waals surface area (Å²) < 4.78 is 0. The number of nitrogens with two attached hydrogens (primary N) is 1. The highest BCUT2D eigenvalue weighted by Crippen LogP contribution is 2.30. The van der Waals surface area contributed by atoms with Gasteiger partial charge in [-0.2, -0.15) is 0 Å². The Morgan fingerprint density at radius 3 is 3.24 bits per heavy atom. The minimum Gasteiger partial charge on any atom is -0.312 e. The lowest BCUT2D eigenvalue weighted by molar-refractivity contribution is 0.420. The Morgan fingerprint density at radius 1 is 1.65 bits per heavy atom. The van der Waals surface area contributed by atoms with Crippen molar-refractivity contribution in [2.75, 3.05) is 6.67 Å². The van der Waals surface area contributed by atoms with Gasteiger partial charge in [-0.25, -0.2) is 0 Å². The fourth-order valence-corrected chi connectivity index (χ4v) is 2.32. The topological polar surface area (TPSA) is 63.3 Å². The zero-order valence-corrected chi connectivity index (χ0v) is 10.5. The molecule has 1 aliphatic carbocycles. The normalized spacial score (nSPS) is 19.8. The van der Waals surface area contributed by atoms with Crippen LogP contribution in [-0.4, -0.2) is 23.4 Å². The lowest BCUT2D eigenvalue weighted by atomic mass is 10.0. The summed E-state index contributed by atoms with van der Waals surface area (Å²) in [4.78, 5) is 8.58. The number of rotatable bonds is 4. The molecule has 0 amide bonds. The molecule has 3 N–H and O–H groups in total. The van der Waals surface area contributed by atoms with E-state index < -0.39 is 0 Å². The molecule has 0 aromatic carbocycles. The number of nitrogens with zero attached hydrogens (tertiary/aromatic N) is 2. The molecule has 4 nitrogen and oxygen atoms in total. The number of hydrogen-bond donors (Lipinski definition) is 2. The zero-order valence-electron chi connectivity index (χ0n) is 10.5. The van der Waals surface area contributed by atoms with Crippen molar-refractivity contribution < 1.29 is 0 Å². The lowest BCUT2D eigenvalue weighted by Gasteiger charge is -2.26. The van der Waals surface area contributed by atoms with E-state index in [1.165, 1.54) is 11.3 Å². The quantitative estimate of drug-likeness (QED) is 0.772. The zero-order chi connectivity index (χ0) is 12.3. The lowest BCUT2D eigenvalue weighted by Crippen LogP contribution is -2.43. The molecule has 17 heavy (non-hydrogen) atoms. The van der Waals surface area contributed by atoms with Crippen LogP contribution in [-0.2, 0) is 6.42 Å². The summed E-state index contributed by atoms with van der Waals surface area (Å²) in [5.74, 6) is 0. The maximum atomic E-state index is 5.38. The van der Waals surface area contributed by atoms with E-state index in [1.54, 1.807) is 0 Å². The second kappa shape index (κ2) is 4.94.